The fourth-order valence-corrected chi connectivity index (χ4v) is 2.76. The Bertz CT molecular complexity index is 711. The third-order valence-corrected chi connectivity index (χ3v) is 4.07. The van der Waals surface area contributed by atoms with Crippen LogP contribution < -0.4 is 15.8 Å². The average molecular weight is 325 g/mol. The highest BCUT2D eigenvalue weighted by Gasteiger charge is 2.18. The Labute approximate surface area is 135 Å². The third-order valence-electron chi connectivity index (χ3n) is 3.83. The lowest BCUT2D eigenvalue weighted by atomic mass is 10.2. The van der Waals surface area contributed by atoms with E-state index < -0.39 is 0 Å². The van der Waals surface area contributed by atoms with Gasteiger partial charge in [0, 0.05) is 11.6 Å². The minimum atomic E-state index is -0.0107. The van der Waals surface area contributed by atoms with Gasteiger partial charge in [0.2, 0.25) is 0 Å². The van der Waals surface area contributed by atoms with E-state index >= 15 is 0 Å². The first kappa shape index (κ1) is 16.9. The van der Waals surface area contributed by atoms with Gasteiger partial charge in [-0.15, -0.1) is 0 Å². The second-order valence-corrected chi connectivity index (χ2v) is 6.39. The fraction of sp³-hybridized carbons (Fsp3) is 0.500. The summed E-state index contributed by atoms with van der Waals surface area (Å²) < 4.78 is 1.75. The molecular weight excluding hydrogens is 300 g/mol. The molecule has 0 spiro atoms. The molecule has 0 saturated heterocycles. The second kappa shape index (κ2) is 7.22. The number of fused-ring (bicyclic) bond motifs is 1. The molecule has 5 nitrogen and oxygen atoms in total. The van der Waals surface area contributed by atoms with Crippen molar-refractivity contribution in [1.82, 2.24) is 9.55 Å². The van der Waals surface area contributed by atoms with Crippen LogP contribution in [0.3, 0.4) is 0 Å². The van der Waals surface area contributed by atoms with E-state index in [0.29, 0.717) is 22.5 Å². The normalized spacial score (nSPS) is 13.0. The van der Waals surface area contributed by atoms with Gasteiger partial charge in [0.1, 0.15) is 19.1 Å². The molecule has 2 aromatic rings. The minimum Gasteiger partial charge on any atom is -0.335 e. The molecular formula is C16H25ClN4O+2. The number of nitrogens with zero attached hydrogens (tertiary/aromatic N) is 2. The molecule has 1 atom stereocenters. The van der Waals surface area contributed by atoms with Crippen molar-refractivity contribution in [3.8, 4) is 0 Å². The van der Waals surface area contributed by atoms with Crippen LogP contribution in [0, 0.1) is 0 Å². The molecule has 0 amide bonds. The fourth-order valence-electron chi connectivity index (χ4n) is 2.59. The van der Waals surface area contributed by atoms with Gasteiger partial charge in [-0.25, -0.2) is 4.98 Å². The first-order valence-corrected chi connectivity index (χ1v) is 8.14. The molecule has 0 fully saturated rings. The highest BCUT2D eigenvalue weighted by atomic mass is 35.5. The molecule has 0 aliphatic heterocycles. The quantitative estimate of drug-likeness (QED) is 0.776. The summed E-state index contributed by atoms with van der Waals surface area (Å²) in [4.78, 5) is 18.8. The van der Waals surface area contributed by atoms with Gasteiger partial charge in [-0.05, 0) is 32.0 Å². The van der Waals surface area contributed by atoms with E-state index in [1.165, 1.54) is 4.90 Å². The Morgan fingerprint density at radius 3 is 2.77 bits per heavy atom. The van der Waals surface area contributed by atoms with Crippen LogP contribution in [0.1, 0.15) is 25.7 Å². The zero-order chi connectivity index (χ0) is 16.3. The zero-order valence-electron chi connectivity index (χ0n) is 13.7. The smallest absolute Gasteiger partial charge is 0.261 e. The van der Waals surface area contributed by atoms with E-state index in [-0.39, 0.29) is 11.6 Å². The highest BCUT2D eigenvalue weighted by Crippen LogP contribution is 2.16. The predicted molar refractivity (Wildman–Crippen MR) is 89.6 cm³/mol. The van der Waals surface area contributed by atoms with Crippen LogP contribution in [-0.2, 0) is 6.54 Å². The van der Waals surface area contributed by atoms with Gasteiger partial charge in [0.25, 0.3) is 5.56 Å². The number of hydrogen-bond donors (Lipinski definition) is 2. The number of hydrogen-bond acceptors (Lipinski definition) is 2. The SMILES string of the molecule is CCn1c([C@@H](C)[NH2+]CC[NH+](C)C)nc2ccc(Cl)cc2c1=O. The molecule has 1 aromatic carbocycles. The Hall–Kier alpha value is -1.43. The van der Waals surface area contributed by atoms with Crippen LogP contribution in [0.25, 0.3) is 10.9 Å². The van der Waals surface area contributed by atoms with Gasteiger partial charge >= 0.3 is 0 Å². The van der Waals surface area contributed by atoms with Crippen molar-refractivity contribution in [2.45, 2.75) is 26.4 Å². The monoisotopic (exact) mass is 324 g/mol. The number of likely N-dealkylation sites (N-methyl/N-ethyl adjacent to an activating group) is 1. The largest absolute Gasteiger partial charge is 0.335 e. The molecule has 0 unspecified atom stereocenters. The summed E-state index contributed by atoms with van der Waals surface area (Å²) >= 11 is 6.00. The van der Waals surface area contributed by atoms with E-state index in [0.717, 1.165) is 18.9 Å². The van der Waals surface area contributed by atoms with Gasteiger partial charge in [-0.3, -0.25) is 9.36 Å². The van der Waals surface area contributed by atoms with Crippen molar-refractivity contribution in [2.24, 2.45) is 0 Å². The summed E-state index contributed by atoms with van der Waals surface area (Å²) in [5.74, 6) is 0.830. The van der Waals surface area contributed by atoms with Gasteiger partial charge in [0.15, 0.2) is 5.82 Å². The predicted octanol–water partition coefficient (Wildman–Crippen LogP) is -0.161. The summed E-state index contributed by atoms with van der Waals surface area (Å²) in [6.07, 6.45) is 0. The molecule has 1 aromatic heterocycles. The van der Waals surface area contributed by atoms with Crippen molar-refractivity contribution in [3.05, 3.63) is 39.4 Å². The van der Waals surface area contributed by atoms with Crippen molar-refractivity contribution in [3.63, 3.8) is 0 Å². The molecule has 0 aliphatic carbocycles. The van der Waals surface area contributed by atoms with Crippen molar-refractivity contribution >= 4 is 22.5 Å². The molecule has 22 heavy (non-hydrogen) atoms. The Morgan fingerprint density at radius 1 is 1.41 bits per heavy atom. The van der Waals surface area contributed by atoms with Crippen LogP contribution in [0.4, 0.5) is 0 Å². The summed E-state index contributed by atoms with van der Waals surface area (Å²) in [5, 5.41) is 3.39. The maximum absolute atomic E-state index is 12.7. The minimum absolute atomic E-state index is 0.0107. The van der Waals surface area contributed by atoms with Crippen LogP contribution in [-0.4, -0.2) is 36.7 Å². The molecule has 0 bridgehead atoms. The summed E-state index contributed by atoms with van der Waals surface area (Å²) in [6, 6.07) is 5.44. The van der Waals surface area contributed by atoms with E-state index in [9.17, 15) is 4.79 Å². The van der Waals surface area contributed by atoms with E-state index in [4.69, 9.17) is 16.6 Å². The molecule has 3 N–H and O–H groups in total. The lowest BCUT2D eigenvalue weighted by Gasteiger charge is -2.16. The molecule has 0 saturated carbocycles. The van der Waals surface area contributed by atoms with Crippen molar-refractivity contribution < 1.29 is 10.2 Å². The summed E-state index contributed by atoms with van der Waals surface area (Å²) in [6.45, 7) is 6.76. The summed E-state index contributed by atoms with van der Waals surface area (Å²) in [7, 11) is 4.27. The van der Waals surface area contributed by atoms with Gasteiger partial charge < -0.3 is 10.2 Å². The maximum atomic E-state index is 12.7. The number of nitrogens with two attached hydrogens (primary N) is 1. The lowest BCUT2D eigenvalue weighted by Crippen LogP contribution is -3.09. The Morgan fingerprint density at radius 2 is 2.14 bits per heavy atom. The van der Waals surface area contributed by atoms with Crippen LogP contribution in [0.15, 0.2) is 23.0 Å². The second-order valence-electron chi connectivity index (χ2n) is 5.95. The van der Waals surface area contributed by atoms with Crippen LogP contribution in [0.5, 0.6) is 0 Å². The standard InChI is InChI=1S/C16H23ClN4O/c1-5-21-15(11(2)18-8-9-20(3)4)19-14-7-6-12(17)10-13(14)16(21)22/h6-7,10-11,18H,5,8-9H2,1-4H3/p+2/t11-/m1/s1. The van der Waals surface area contributed by atoms with Gasteiger partial charge in [-0.2, -0.15) is 0 Å². The number of benzene rings is 1. The van der Waals surface area contributed by atoms with Crippen molar-refractivity contribution in [2.75, 3.05) is 27.2 Å². The molecule has 0 radical (unpaired) electrons. The third kappa shape index (κ3) is 3.66. The number of nitrogens with one attached hydrogen (secondary N) is 1. The number of halogens is 1. The first-order valence-electron chi connectivity index (χ1n) is 7.76. The molecule has 0 aliphatic rings. The van der Waals surface area contributed by atoms with Crippen LogP contribution >= 0.6 is 11.6 Å². The van der Waals surface area contributed by atoms with E-state index in [1.807, 2.05) is 13.0 Å². The molecule has 2 rings (SSSR count). The lowest BCUT2D eigenvalue weighted by molar-refractivity contribution is -0.877. The molecule has 1 heterocycles. The highest BCUT2D eigenvalue weighted by molar-refractivity contribution is 6.31. The molecule has 6 heteroatoms. The Kier molecular flexibility index (Phi) is 5.56. The zero-order valence-corrected chi connectivity index (χ0v) is 14.4. The van der Waals surface area contributed by atoms with Gasteiger partial charge in [-0.1, -0.05) is 11.6 Å². The maximum Gasteiger partial charge on any atom is 0.261 e. The average Bonchev–Trinajstić information content (AvgIpc) is 2.47. The summed E-state index contributed by atoms with van der Waals surface area (Å²) in [5.41, 5.74) is 0.705. The van der Waals surface area contributed by atoms with Crippen LogP contribution in [0.2, 0.25) is 5.02 Å². The van der Waals surface area contributed by atoms with Crippen molar-refractivity contribution in [1.29, 1.82) is 0 Å². The van der Waals surface area contributed by atoms with Gasteiger partial charge in [0.05, 0.1) is 25.0 Å². The van der Waals surface area contributed by atoms with E-state index in [2.05, 4.69) is 26.3 Å². The number of rotatable bonds is 6. The first-order chi connectivity index (χ1) is 10.4. The Balaban J connectivity index is 2.40. The number of aromatic nitrogens is 2. The number of quaternary nitrogens is 2. The van der Waals surface area contributed by atoms with E-state index in [1.54, 1.807) is 16.7 Å². The molecule has 120 valence electrons. The topological polar surface area (TPSA) is 55.9 Å².